The van der Waals surface area contributed by atoms with E-state index in [1.54, 1.807) is 0 Å². The van der Waals surface area contributed by atoms with Crippen LogP contribution >= 0.6 is 0 Å². The van der Waals surface area contributed by atoms with Crippen LogP contribution in [0.5, 0.6) is 0 Å². The molecule has 86 valence electrons. The van der Waals surface area contributed by atoms with Crippen LogP contribution in [0, 0.1) is 6.92 Å². The Kier molecular flexibility index (Phi) is 2.72. The van der Waals surface area contributed by atoms with E-state index in [4.69, 9.17) is 0 Å². The lowest BCUT2D eigenvalue weighted by atomic mass is 10.1. The summed E-state index contributed by atoms with van der Waals surface area (Å²) in [6.45, 7) is 5.20. The maximum absolute atomic E-state index is 11.0. The van der Waals surface area contributed by atoms with Crippen LogP contribution in [0.4, 0.5) is 5.69 Å². The number of β-amino-alcohol motifs (C(OH)–C–C–N with tert-alkyl or cyclic N) is 1. The van der Waals surface area contributed by atoms with E-state index in [0.29, 0.717) is 12.1 Å². The van der Waals surface area contributed by atoms with E-state index in [9.17, 15) is 9.90 Å². The minimum atomic E-state index is -0.634. The summed E-state index contributed by atoms with van der Waals surface area (Å²) in [6.07, 6.45) is 1.63. The Hall–Kier alpha value is -1.35. The first-order valence-electron chi connectivity index (χ1n) is 5.55. The molecule has 1 atom stereocenters. The van der Waals surface area contributed by atoms with Crippen LogP contribution in [0.2, 0.25) is 0 Å². The molecule has 1 aromatic rings. The second kappa shape index (κ2) is 3.91. The molecule has 0 radical (unpaired) electrons. The molecule has 1 saturated heterocycles. The van der Waals surface area contributed by atoms with Crippen molar-refractivity contribution in [2.75, 3.05) is 18.0 Å². The van der Waals surface area contributed by atoms with Gasteiger partial charge in [0.2, 0.25) is 0 Å². The summed E-state index contributed by atoms with van der Waals surface area (Å²) < 4.78 is 0. The number of nitrogens with zero attached hydrogens (tertiary/aromatic N) is 1. The SMILES string of the molecule is Cc1ccc(N2CCC(C)(O)C2)c(C=O)c1. The summed E-state index contributed by atoms with van der Waals surface area (Å²) in [7, 11) is 0. The van der Waals surface area contributed by atoms with Gasteiger partial charge in [-0.1, -0.05) is 11.6 Å². The minimum Gasteiger partial charge on any atom is -0.388 e. The summed E-state index contributed by atoms with van der Waals surface area (Å²) >= 11 is 0. The van der Waals surface area contributed by atoms with Gasteiger partial charge in [0.1, 0.15) is 0 Å². The zero-order valence-corrected chi connectivity index (χ0v) is 9.73. The Bertz CT molecular complexity index is 412. The van der Waals surface area contributed by atoms with Crippen molar-refractivity contribution in [2.45, 2.75) is 25.9 Å². The minimum absolute atomic E-state index is 0.594. The van der Waals surface area contributed by atoms with Crippen LogP contribution < -0.4 is 4.90 Å². The number of hydrogen-bond acceptors (Lipinski definition) is 3. The molecule has 0 saturated carbocycles. The van der Waals surface area contributed by atoms with Gasteiger partial charge in [-0.3, -0.25) is 4.79 Å². The van der Waals surface area contributed by atoms with Crippen molar-refractivity contribution in [3.05, 3.63) is 29.3 Å². The monoisotopic (exact) mass is 219 g/mol. The highest BCUT2D eigenvalue weighted by atomic mass is 16.3. The molecule has 3 nitrogen and oxygen atoms in total. The van der Waals surface area contributed by atoms with E-state index < -0.39 is 5.60 Å². The average Bonchev–Trinajstić information content (AvgIpc) is 2.58. The number of aryl methyl sites for hydroxylation is 1. The first-order valence-corrected chi connectivity index (χ1v) is 5.55. The van der Waals surface area contributed by atoms with Crippen LogP contribution in [0.25, 0.3) is 0 Å². The maximum atomic E-state index is 11.0. The Labute approximate surface area is 95.7 Å². The molecule has 16 heavy (non-hydrogen) atoms. The number of benzene rings is 1. The van der Waals surface area contributed by atoms with Crippen LogP contribution in [-0.2, 0) is 0 Å². The topological polar surface area (TPSA) is 40.5 Å². The van der Waals surface area contributed by atoms with Crippen molar-refractivity contribution in [2.24, 2.45) is 0 Å². The summed E-state index contributed by atoms with van der Waals surface area (Å²) in [6, 6.07) is 5.84. The fourth-order valence-corrected chi connectivity index (χ4v) is 2.21. The first kappa shape index (κ1) is 11.1. The van der Waals surface area contributed by atoms with Gasteiger partial charge in [0.05, 0.1) is 5.60 Å². The van der Waals surface area contributed by atoms with Gasteiger partial charge in [0.25, 0.3) is 0 Å². The highest BCUT2D eigenvalue weighted by molar-refractivity contribution is 5.85. The normalized spacial score (nSPS) is 24.8. The zero-order valence-electron chi connectivity index (χ0n) is 9.73. The average molecular weight is 219 g/mol. The molecular weight excluding hydrogens is 202 g/mol. The Morgan fingerprint density at radius 1 is 1.50 bits per heavy atom. The number of aldehydes is 1. The summed E-state index contributed by atoms with van der Waals surface area (Å²) in [5.74, 6) is 0. The molecule has 2 rings (SSSR count). The molecule has 3 heteroatoms. The van der Waals surface area contributed by atoms with Gasteiger partial charge >= 0.3 is 0 Å². The predicted octanol–water partition coefficient (Wildman–Crippen LogP) is 1.77. The molecule has 0 aliphatic carbocycles. The van der Waals surface area contributed by atoms with E-state index in [1.807, 2.05) is 32.0 Å². The van der Waals surface area contributed by atoms with E-state index in [0.717, 1.165) is 30.5 Å². The van der Waals surface area contributed by atoms with Crippen LogP contribution in [-0.4, -0.2) is 30.1 Å². The van der Waals surface area contributed by atoms with Crippen LogP contribution in [0.1, 0.15) is 29.3 Å². The Balaban J connectivity index is 2.31. The lowest BCUT2D eigenvalue weighted by Crippen LogP contribution is -2.30. The highest BCUT2D eigenvalue weighted by Gasteiger charge is 2.32. The van der Waals surface area contributed by atoms with Gasteiger partial charge in [-0.2, -0.15) is 0 Å². The molecule has 1 N–H and O–H groups in total. The number of hydrogen-bond donors (Lipinski definition) is 1. The largest absolute Gasteiger partial charge is 0.388 e. The standard InChI is InChI=1S/C13H17NO2/c1-10-3-4-12(11(7-10)8-15)14-6-5-13(2,16)9-14/h3-4,7-8,16H,5-6,9H2,1-2H3. The summed E-state index contributed by atoms with van der Waals surface area (Å²) in [5, 5.41) is 9.91. The van der Waals surface area contributed by atoms with E-state index >= 15 is 0 Å². The second-order valence-electron chi connectivity index (χ2n) is 4.85. The van der Waals surface area contributed by atoms with Gasteiger partial charge in [-0.25, -0.2) is 0 Å². The lowest BCUT2D eigenvalue weighted by Gasteiger charge is -2.22. The third-order valence-electron chi connectivity index (χ3n) is 3.10. The van der Waals surface area contributed by atoms with Crippen molar-refractivity contribution >= 4 is 12.0 Å². The maximum Gasteiger partial charge on any atom is 0.152 e. The molecule has 1 heterocycles. The molecule has 0 bridgehead atoms. The van der Waals surface area contributed by atoms with E-state index in [-0.39, 0.29) is 0 Å². The van der Waals surface area contributed by atoms with Crippen molar-refractivity contribution in [3.63, 3.8) is 0 Å². The molecule has 1 aromatic carbocycles. The first-order chi connectivity index (χ1) is 7.52. The van der Waals surface area contributed by atoms with Crippen LogP contribution in [0.3, 0.4) is 0 Å². The van der Waals surface area contributed by atoms with Gasteiger partial charge in [-0.05, 0) is 32.4 Å². The summed E-state index contributed by atoms with van der Waals surface area (Å²) in [5.41, 5.74) is 2.08. The molecule has 1 aliphatic heterocycles. The van der Waals surface area contributed by atoms with E-state index in [2.05, 4.69) is 4.90 Å². The van der Waals surface area contributed by atoms with Gasteiger partial charge in [-0.15, -0.1) is 0 Å². The third kappa shape index (κ3) is 2.09. The predicted molar refractivity (Wildman–Crippen MR) is 64.0 cm³/mol. The third-order valence-corrected chi connectivity index (χ3v) is 3.10. The highest BCUT2D eigenvalue weighted by Crippen LogP contribution is 2.28. The molecule has 1 unspecified atom stereocenters. The Morgan fingerprint density at radius 3 is 2.81 bits per heavy atom. The van der Waals surface area contributed by atoms with Gasteiger partial charge < -0.3 is 10.0 Å². The summed E-state index contributed by atoms with van der Waals surface area (Å²) in [4.78, 5) is 13.1. The van der Waals surface area contributed by atoms with Gasteiger partial charge in [0, 0.05) is 24.3 Å². The number of carbonyl (C=O) groups excluding carboxylic acids is 1. The van der Waals surface area contributed by atoms with Crippen molar-refractivity contribution in [1.82, 2.24) is 0 Å². The Morgan fingerprint density at radius 2 is 2.25 bits per heavy atom. The van der Waals surface area contributed by atoms with Crippen molar-refractivity contribution in [3.8, 4) is 0 Å². The van der Waals surface area contributed by atoms with Crippen molar-refractivity contribution in [1.29, 1.82) is 0 Å². The van der Waals surface area contributed by atoms with Crippen LogP contribution in [0.15, 0.2) is 18.2 Å². The number of anilines is 1. The molecular formula is C13H17NO2. The molecule has 0 amide bonds. The second-order valence-corrected chi connectivity index (χ2v) is 4.85. The van der Waals surface area contributed by atoms with Crippen molar-refractivity contribution < 1.29 is 9.90 Å². The molecule has 1 fully saturated rings. The van der Waals surface area contributed by atoms with Gasteiger partial charge in [0.15, 0.2) is 6.29 Å². The fourth-order valence-electron chi connectivity index (χ4n) is 2.21. The lowest BCUT2D eigenvalue weighted by molar-refractivity contribution is 0.0839. The zero-order chi connectivity index (χ0) is 11.8. The molecule has 1 aliphatic rings. The molecule has 0 aromatic heterocycles. The number of rotatable bonds is 2. The number of carbonyl (C=O) groups is 1. The smallest absolute Gasteiger partial charge is 0.152 e. The fraction of sp³-hybridized carbons (Fsp3) is 0.462. The number of aliphatic hydroxyl groups is 1. The quantitative estimate of drug-likeness (QED) is 0.771. The molecule has 0 spiro atoms. The van der Waals surface area contributed by atoms with E-state index in [1.165, 1.54) is 0 Å².